The highest BCUT2D eigenvalue weighted by Gasteiger charge is 2.21. The molecule has 0 unspecified atom stereocenters. The normalized spacial score (nSPS) is 11.9. The van der Waals surface area contributed by atoms with Crippen molar-refractivity contribution in [2.75, 3.05) is 4.90 Å². The average molecular weight is 630 g/mol. The van der Waals surface area contributed by atoms with Crippen molar-refractivity contribution in [3.05, 3.63) is 174 Å². The molecule has 7 aromatic rings. The van der Waals surface area contributed by atoms with Crippen molar-refractivity contribution in [1.29, 1.82) is 0 Å². The predicted octanol–water partition coefficient (Wildman–Crippen LogP) is 11.5. The van der Waals surface area contributed by atoms with Gasteiger partial charge >= 0.3 is 0 Å². The van der Waals surface area contributed by atoms with Gasteiger partial charge in [-0.3, -0.25) is 0 Å². The Kier molecular flexibility index (Phi) is 7.06. The van der Waals surface area contributed by atoms with E-state index < -0.39 is 0 Å². The van der Waals surface area contributed by atoms with Crippen LogP contribution in [0, 0.1) is 0 Å². The minimum absolute atomic E-state index is 0.852. The Bertz CT molecular complexity index is 2450. The van der Waals surface area contributed by atoms with Crippen molar-refractivity contribution in [2.45, 2.75) is 0 Å². The summed E-state index contributed by atoms with van der Waals surface area (Å²) in [5, 5.41) is 0. The van der Waals surface area contributed by atoms with Crippen molar-refractivity contribution in [3.8, 4) is 22.3 Å². The molecule has 0 atom stereocenters. The van der Waals surface area contributed by atoms with Crippen LogP contribution in [-0.4, -0.2) is 19.9 Å². The van der Waals surface area contributed by atoms with Crippen molar-refractivity contribution < 1.29 is 0 Å². The van der Waals surface area contributed by atoms with Gasteiger partial charge in [0.25, 0.3) is 0 Å². The van der Waals surface area contributed by atoms with E-state index in [1.165, 1.54) is 0 Å². The summed E-state index contributed by atoms with van der Waals surface area (Å²) < 4.78 is 0. The Morgan fingerprint density at radius 3 is 1.53 bits per heavy atom. The van der Waals surface area contributed by atoms with E-state index in [4.69, 9.17) is 9.97 Å². The molecule has 8 bridgehead atoms. The third-order valence-electron chi connectivity index (χ3n) is 8.93. The minimum Gasteiger partial charge on any atom is -0.355 e. The summed E-state index contributed by atoms with van der Waals surface area (Å²) in [4.78, 5) is 20.3. The minimum atomic E-state index is 0.852. The second-order valence-electron chi connectivity index (χ2n) is 12.1. The van der Waals surface area contributed by atoms with Crippen LogP contribution in [0.25, 0.3) is 68.6 Å². The van der Waals surface area contributed by atoms with E-state index in [0.717, 1.165) is 84.2 Å². The first kappa shape index (κ1) is 28.5. The molecule has 3 aromatic heterocycles. The Morgan fingerprint density at radius 1 is 0.408 bits per heavy atom. The number of H-pyrrole nitrogens is 2. The molecule has 5 nitrogen and oxygen atoms in total. The summed E-state index contributed by atoms with van der Waals surface area (Å²) in [7, 11) is 0. The zero-order valence-electron chi connectivity index (χ0n) is 26.6. The monoisotopic (exact) mass is 629 g/mol. The van der Waals surface area contributed by atoms with Gasteiger partial charge in [-0.05, 0) is 90.0 Å². The van der Waals surface area contributed by atoms with E-state index in [9.17, 15) is 0 Å². The molecule has 0 amide bonds. The molecule has 0 radical (unpaired) electrons. The summed E-state index contributed by atoms with van der Waals surface area (Å²) in [6, 6.07) is 52.6. The summed E-state index contributed by atoms with van der Waals surface area (Å²) in [5.41, 5.74) is 14.7. The number of benzene rings is 4. The number of rotatable bonds is 5. The van der Waals surface area contributed by atoms with Crippen LogP contribution in [0.15, 0.2) is 152 Å². The number of nitrogens with one attached hydrogen (secondary N) is 2. The summed E-state index contributed by atoms with van der Waals surface area (Å²) in [5.74, 6) is 0. The van der Waals surface area contributed by atoms with Gasteiger partial charge in [-0.15, -0.1) is 0 Å². The molecular weight excluding hydrogens is 599 g/mol. The van der Waals surface area contributed by atoms with Gasteiger partial charge in [0.05, 0.1) is 34.0 Å². The van der Waals surface area contributed by atoms with E-state index in [0.29, 0.717) is 0 Å². The lowest BCUT2D eigenvalue weighted by atomic mass is 10.0. The molecule has 2 aliphatic heterocycles. The molecule has 2 N–H and O–H groups in total. The first-order valence-electron chi connectivity index (χ1n) is 16.4. The van der Waals surface area contributed by atoms with Gasteiger partial charge in [-0.25, -0.2) is 9.97 Å². The fourth-order valence-corrected chi connectivity index (χ4v) is 6.74. The zero-order chi connectivity index (χ0) is 32.6. The molecule has 49 heavy (non-hydrogen) atoms. The highest BCUT2D eigenvalue weighted by molar-refractivity contribution is 5.99. The third kappa shape index (κ3) is 5.33. The Hall–Kier alpha value is -6.72. The zero-order valence-corrected chi connectivity index (χ0v) is 26.6. The lowest BCUT2D eigenvalue weighted by molar-refractivity contribution is 1.23. The molecule has 0 saturated carbocycles. The quantitative estimate of drug-likeness (QED) is 0.199. The van der Waals surface area contributed by atoms with Crippen LogP contribution in [0.3, 0.4) is 0 Å². The first-order chi connectivity index (χ1) is 24.3. The molecular formula is C44H31N5. The van der Waals surface area contributed by atoms with Crippen LogP contribution in [0.5, 0.6) is 0 Å². The van der Waals surface area contributed by atoms with Gasteiger partial charge in [-0.2, -0.15) is 0 Å². The van der Waals surface area contributed by atoms with E-state index >= 15 is 0 Å². The maximum atomic E-state index is 5.42. The van der Waals surface area contributed by atoms with Crippen LogP contribution in [0.4, 0.5) is 17.1 Å². The van der Waals surface area contributed by atoms with Gasteiger partial charge in [0.15, 0.2) is 0 Å². The van der Waals surface area contributed by atoms with E-state index in [-0.39, 0.29) is 0 Å². The van der Waals surface area contributed by atoms with Crippen molar-refractivity contribution in [2.24, 2.45) is 0 Å². The number of aromatic nitrogens is 4. The molecule has 5 heteroatoms. The van der Waals surface area contributed by atoms with E-state index in [2.05, 4.69) is 167 Å². The van der Waals surface area contributed by atoms with Gasteiger partial charge in [-0.1, -0.05) is 97.1 Å². The molecule has 0 aliphatic carbocycles. The van der Waals surface area contributed by atoms with E-state index in [1.54, 1.807) is 0 Å². The Balaban J connectivity index is 1.46. The van der Waals surface area contributed by atoms with Gasteiger partial charge in [0.2, 0.25) is 0 Å². The van der Waals surface area contributed by atoms with Gasteiger partial charge in [0, 0.05) is 39.1 Å². The van der Waals surface area contributed by atoms with Crippen LogP contribution in [0.2, 0.25) is 0 Å². The number of hydrogen-bond acceptors (Lipinski definition) is 3. The first-order valence-corrected chi connectivity index (χ1v) is 16.4. The van der Waals surface area contributed by atoms with Gasteiger partial charge < -0.3 is 14.9 Å². The molecule has 9 rings (SSSR count). The van der Waals surface area contributed by atoms with Crippen molar-refractivity contribution in [1.82, 2.24) is 19.9 Å². The molecule has 0 fully saturated rings. The summed E-state index contributed by atoms with van der Waals surface area (Å²) >= 11 is 0. The van der Waals surface area contributed by atoms with Crippen LogP contribution >= 0.6 is 0 Å². The second-order valence-corrected chi connectivity index (χ2v) is 12.1. The topological polar surface area (TPSA) is 60.6 Å². The maximum Gasteiger partial charge on any atom is 0.0957 e. The van der Waals surface area contributed by atoms with Gasteiger partial charge in [0.1, 0.15) is 0 Å². The molecule has 232 valence electrons. The van der Waals surface area contributed by atoms with E-state index in [1.807, 2.05) is 24.3 Å². The van der Waals surface area contributed by atoms with Crippen molar-refractivity contribution in [3.63, 3.8) is 0 Å². The van der Waals surface area contributed by atoms with Crippen LogP contribution in [0.1, 0.15) is 22.8 Å². The van der Waals surface area contributed by atoms with Crippen molar-refractivity contribution >= 4 is 63.4 Å². The fourth-order valence-electron chi connectivity index (χ4n) is 6.74. The largest absolute Gasteiger partial charge is 0.355 e. The molecule has 2 aliphatic rings. The summed E-state index contributed by atoms with van der Waals surface area (Å²) in [6.45, 7) is 0. The molecule has 0 saturated heterocycles. The highest BCUT2D eigenvalue weighted by atomic mass is 15.2. The Labute approximate surface area is 284 Å². The summed E-state index contributed by atoms with van der Waals surface area (Å²) in [6.07, 6.45) is 8.45. The highest BCUT2D eigenvalue weighted by Crippen LogP contribution is 2.41. The molecule has 0 spiro atoms. The molecule has 5 heterocycles. The number of fused-ring (bicyclic) bond motifs is 8. The number of para-hydroxylation sites is 2. The van der Waals surface area contributed by atoms with Crippen LogP contribution < -0.4 is 4.90 Å². The maximum absolute atomic E-state index is 5.42. The molecule has 4 aromatic carbocycles. The smallest absolute Gasteiger partial charge is 0.0957 e. The number of nitrogens with zero attached hydrogens (tertiary/aromatic N) is 3. The average Bonchev–Trinajstić information content (AvgIpc) is 3.99. The lowest BCUT2D eigenvalue weighted by Gasteiger charge is -2.26. The lowest BCUT2D eigenvalue weighted by Crippen LogP contribution is -2.11. The Morgan fingerprint density at radius 2 is 0.898 bits per heavy atom. The number of hydrogen-bond donors (Lipinski definition) is 2. The fraction of sp³-hybridized carbons (Fsp3) is 0. The second kappa shape index (κ2) is 12.1. The van der Waals surface area contributed by atoms with Crippen LogP contribution in [-0.2, 0) is 0 Å². The predicted molar refractivity (Wildman–Crippen MR) is 204 cm³/mol. The number of aromatic amines is 2. The SMILES string of the molecule is C1=Cc2nc1cc1ccc([nH]1)c(-c1ccccc1)c1nc(c(N(c3ccccc3)c3ccccc3)c3ccc([nH]3)c2-c2ccccc2)C=C1. The number of anilines is 3. The standard InChI is InChI=1S/C44H31N5/c1-5-13-30(14-6-1)42-36-23-21-32(45-36)29-33-22-24-37(46-33)43(31-15-7-2-8-16-31)39-26-28-41(48-39)44(40-27-25-38(42)47-40)49(34-17-9-3-10-18-34)35-19-11-4-12-20-35/h1-29,45,48H. The third-order valence-corrected chi connectivity index (χ3v) is 8.93.